The van der Waals surface area contributed by atoms with Crippen LogP contribution in [0.25, 0.3) is 0 Å². The normalized spacial score (nSPS) is 10.9. The summed E-state index contributed by atoms with van der Waals surface area (Å²) in [7, 11) is 0. The fourth-order valence-corrected chi connectivity index (χ4v) is 1.48. The standard InChI is InChI=1S/C7HBr2F3N2O/c8-3-1-5(15-7(10,11)12)6(9)14-4(3)2-13/h1H. The Balaban J connectivity index is 3.13. The number of nitrogens with zero attached hydrogens (tertiary/aromatic N) is 2. The lowest BCUT2D eigenvalue weighted by Crippen LogP contribution is -2.17. The molecule has 0 spiro atoms. The molecule has 80 valence electrons. The Morgan fingerprint density at radius 1 is 1.40 bits per heavy atom. The van der Waals surface area contributed by atoms with Crippen molar-refractivity contribution >= 4 is 31.9 Å². The highest BCUT2D eigenvalue weighted by Crippen LogP contribution is 2.32. The molecule has 8 heteroatoms. The summed E-state index contributed by atoms with van der Waals surface area (Å²) in [6.45, 7) is 0. The highest BCUT2D eigenvalue weighted by Gasteiger charge is 2.32. The summed E-state index contributed by atoms with van der Waals surface area (Å²) < 4.78 is 39.3. The number of aromatic nitrogens is 1. The second kappa shape index (κ2) is 4.37. The molecule has 0 saturated heterocycles. The first-order chi connectivity index (χ1) is 6.83. The van der Waals surface area contributed by atoms with Crippen LogP contribution in [0.1, 0.15) is 5.69 Å². The summed E-state index contributed by atoms with van der Waals surface area (Å²) in [5, 5.41) is 8.54. The van der Waals surface area contributed by atoms with E-state index < -0.39 is 12.1 Å². The fraction of sp³-hybridized carbons (Fsp3) is 0.143. The zero-order chi connectivity index (χ0) is 11.6. The molecule has 0 amide bonds. The molecule has 0 radical (unpaired) electrons. The number of halogens is 5. The van der Waals surface area contributed by atoms with Crippen LogP contribution in [0.4, 0.5) is 13.2 Å². The van der Waals surface area contributed by atoms with Gasteiger partial charge in [-0.25, -0.2) is 4.98 Å². The Bertz CT molecular complexity index is 427. The van der Waals surface area contributed by atoms with Gasteiger partial charge in [-0.3, -0.25) is 0 Å². The van der Waals surface area contributed by atoms with Crippen LogP contribution in [0.2, 0.25) is 0 Å². The molecule has 0 fully saturated rings. The summed E-state index contributed by atoms with van der Waals surface area (Å²) in [5.41, 5.74) is -0.0311. The molecule has 0 bridgehead atoms. The van der Waals surface area contributed by atoms with Gasteiger partial charge in [0.1, 0.15) is 10.7 Å². The van der Waals surface area contributed by atoms with Gasteiger partial charge in [-0.15, -0.1) is 13.2 Å². The van der Waals surface area contributed by atoms with E-state index in [-0.39, 0.29) is 14.8 Å². The van der Waals surface area contributed by atoms with Gasteiger partial charge < -0.3 is 4.74 Å². The summed E-state index contributed by atoms with van der Waals surface area (Å²) >= 11 is 5.66. The number of hydrogen-bond acceptors (Lipinski definition) is 3. The maximum absolute atomic E-state index is 11.9. The van der Waals surface area contributed by atoms with Crippen molar-refractivity contribution in [1.82, 2.24) is 4.98 Å². The van der Waals surface area contributed by atoms with E-state index in [2.05, 4.69) is 41.6 Å². The van der Waals surface area contributed by atoms with Crippen molar-refractivity contribution in [3.63, 3.8) is 0 Å². The van der Waals surface area contributed by atoms with Crippen molar-refractivity contribution in [1.29, 1.82) is 5.26 Å². The first-order valence-electron chi connectivity index (χ1n) is 3.35. The smallest absolute Gasteiger partial charge is 0.403 e. The van der Waals surface area contributed by atoms with Crippen LogP contribution in [-0.2, 0) is 0 Å². The second-order valence-corrected chi connectivity index (χ2v) is 3.87. The molecule has 1 aromatic heterocycles. The van der Waals surface area contributed by atoms with Gasteiger partial charge >= 0.3 is 6.36 Å². The van der Waals surface area contributed by atoms with Crippen molar-refractivity contribution in [2.75, 3.05) is 0 Å². The first kappa shape index (κ1) is 12.3. The van der Waals surface area contributed by atoms with Crippen LogP contribution in [-0.4, -0.2) is 11.3 Å². The minimum atomic E-state index is -4.79. The molecule has 0 atom stereocenters. The molecule has 0 aliphatic carbocycles. The van der Waals surface area contributed by atoms with Crippen LogP contribution in [0, 0.1) is 11.3 Å². The number of pyridine rings is 1. The van der Waals surface area contributed by atoms with Gasteiger partial charge in [0, 0.05) is 6.07 Å². The topological polar surface area (TPSA) is 45.9 Å². The van der Waals surface area contributed by atoms with Gasteiger partial charge in [0.2, 0.25) is 0 Å². The predicted octanol–water partition coefficient (Wildman–Crippen LogP) is 3.38. The summed E-state index contributed by atoms with van der Waals surface area (Å²) in [4.78, 5) is 3.56. The van der Waals surface area contributed by atoms with Crippen molar-refractivity contribution < 1.29 is 17.9 Å². The van der Waals surface area contributed by atoms with Crippen LogP contribution >= 0.6 is 31.9 Å². The van der Waals surface area contributed by atoms with Gasteiger partial charge in [-0.2, -0.15) is 5.26 Å². The molecule has 0 saturated carbocycles. The van der Waals surface area contributed by atoms with Crippen molar-refractivity contribution in [2.45, 2.75) is 6.36 Å². The monoisotopic (exact) mass is 344 g/mol. The Kier molecular flexibility index (Phi) is 3.57. The minimum absolute atomic E-state index is 0.0311. The molecule has 1 heterocycles. The highest BCUT2D eigenvalue weighted by atomic mass is 79.9. The average Bonchev–Trinajstić information content (AvgIpc) is 2.08. The minimum Gasteiger partial charge on any atom is -0.403 e. The average molecular weight is 346 g/mol. The van der Waals surface area contributed by atoms with Gasteiger partial charge in [-0.1, -0.05) is 0 Å². The van der Waals surface area contributed by atoms with Crippen LogP contribution < -0.4 is 4.74 Å². The van der Waals surface area contributed by atoms with Crippen molar-refractivity contribution in [3.8, 4) is 11.8 Å². The van der Waals surface area contributed by atoms with E-state index in [1.54, 1.807) is 6.07 Å². The molecule has 0 aliphatic rings. The third-order valence-corrected chi connectivity index (χ3v) is 2.40. The molecular weight excluding hydrogens is 345 g/mol. The van der Waals surface area contributed by atoms with Gasteiger partial charge in [-0.05, 0) is 31.9 Å². The van der Waals surface area contributed by atoms with E-state index in [0.717, 1.165) is 6.07 Å². The molecule has 0 aliphatic heterocycles. The summed E-state index contributed by atoms with van der Waals surface area (Å²) in [6, 6.07) is 2.72. The molecule has 3 nitrogen and oxygen atoms in total. The Labute approximate surface area is 99.1 Å². The SMILES string of the molecule is N#Cc1nc(Br)c(OC(F)(F)F)cc1Br. The Hall–Kier alpha value is -0.810. The number of nitriles is 1. The third kappa shape index (κ3) is 3.35. The lowest BCUT2D eigenvalue weighted by atomic mass is 10.4. The van der Waals surface area contributed by atoms with Crippen molar-refractivity contribution in [2.24, 2.45) is 0 Å². The van der Waals surface area contributed by atoms with Gasteiger partial charge in [0.05, 0.1) is 4.47 Å². The summed E-state index contributed by atoms with van der Waals surface area (Å²) in [5.74, 6) is -0.506. The van der Waals surface area contributed by atoms with E-state index in [1.165, 1.54) is 0 Å². The van der Waals surface area contributed by atoms with E-state index in [9.17, 15) is 13.2 Å². The molecule has 1 aromatic rings. The number of rotatable bonds is 1. The van der Waals surface area contributed by atoms with E-state index >= 15 is 0 Å². The van der Waals surface area contributed by atoms with Crippen LogP contribution in [0.3, 0.4) is 0 Å². The highest BCUT2D eigenvalue weighted by molar-refractivity contribution is 9.11. The zero-order valence-corrected chi connectivity index (χ0v) is 9.94. The number of hydrogen-bond donors (Lipinski definition) is 0. The molecule has 1 rings (SSSR count). The van der Waals surface area contributed by atoms with Gasteiger partial charge in [0.25, 0.3) is 0 Å². The van der Waals surface area contributed by atoms with Crippen LogP contribution in [0.5, 0.6) is 5.75 Å². The first-order valence-corrected chi connectivity index (χ1v) is 4.94. The largest absolute Gasteiger partial charge is 0.573 e. The van der Waals surface area contributed by atoms with E-state index in [0.29, 0.717) is 0 Å². The Morgan fingerprint density at radius 3 is 2.47 bits per heavy atom. The lowest BCUT2D eigenvalue weighted by molar-refractivity contribution is -0.275. The lowest BCUT2D eigenvalue weighted by Gasteiger charge is -2.10. The number of ether oxygens (including phenoxy) is 1. The molecule has 0 aromatic carbocycles. The molecule has 0 unspecified atom stereocenters. The zero-order valence-electron chi connectivity index (χ0n) is 6.77. The number of alkyl halides is 3. The predicted molar refractivity (Wildman–Crippen MR) is 51.0 cm³/mol. The maximum Gasteiger partial charge on any atom is 0.573 e. The van der Waals surface area contributed by atoms with Crippen molar-refractivity contribution in [3.05, 3.63) is 20.8 Å². The third-order valence-electron chi connectivity index (χ3n) is 1.23. The fourth-order valence-electron chi connectivity index (χ4n) is 0.724. The van der Waals surface area contributed by atoms with E-state index in [1.807, 2.05) is 0 Å². The van der Waals surface area contributed by atoms with Gasteiger partial charge in [0.15, 0.2) is 11.4 Å². The molecular formula is C7HBr2F3N2O. The maximum atomic E-state index is 11.9. The summed E-state index contributed by atoms with van der Waals surface area (Å²) in [6.07, 6.45) is -4.79. The Morgan fingerprint density at radius 2 is 2.00 bits per heavy atom. The molecule has 15 heavy (non-hydrogen) atoms. The second-order valence-electron chi connectivity index (χ2n) is 2.27. The van der Waals surface area contributed by atoms with Crippen LogP contribution in [0.15, 0.2) is 15.1 Å². The molecule has 0 N–H and O–H groups in total. The quantitative estimate of drug-likeness (QED) is 0.733. The van der Waals surface area contributed by atoms with E-state index in [4.69, 9.17) is 5.26 Å².